The van der Waals surface area contributed by atoms with Crippen molar-refractivity contribution < 1.29 is 19.8 Å². The van der Waals surface area contributed by atoms with Crippen LogP contribution >= 0.6 is 11.3 Å². The third kappa shape index (κ3) is 2.59. The summed E-state index contributed by atoms with van der Waals surface area (Å²) in [7, 11) is 0. The molecule has 2 rings (SSSR count). The summed E-state index contributed by atoms with van der Waals surface area (Å²) in [4.78, 5) is 28.0. The van der Waals surface area contributed by atoms with Crippen molar-refractivity contribution in [2.45, 2.75) is 25.5 Å². The normalized spacial score (nSPS) is 23.1. The van der Waals surface area contributed by atoms with Crippen LogP contribution in [-0.4, -0.2) is 50.8 Å². The Bertz CT molecular complexity index is 475. The molecule has 1 aliphatic heterocycles. The van der Waals surface area contributed by atoms with Crippen LogP contribution in [0.5, 0.6) is 0 Å². The molecular formula is C10H13N3O4S. The first-order valence-electron chi connectivity index (χ1n) is 5.38. The lowest BCUT2D eigenvalue weighted by molar-refractivity contribution is -0.141. The first kappa shape index (κ1) is 12.8. The zero-order chi connectivity index (χ0) is 13.3. The predicted molar refractivity (Wildman–Crippen MR) is 64.6 cm³/mol. The fraction of sp³-hybridized carbons (Fsp3) is 0.500. The number of aromatic nitrogens is 1. The number of likely N-dealkylation sites (tertiary alicyclic amines) is 1. The molecule has 1 aliphatic rings. The maximum absolute atomic E-state index is 11.9. The van der Waals surface area contributed by atoms with E-state index in [1.165, 1.54) is 11.3 Å². The average molecular weight is 271 g/mol. The van der Waals surface area contributed by atoms with Crippen LogP contribution in [0.2, 0.25) is 0 Å². The van der Waals surface area contributed by atoms with Gasteiger partial charge in [0.2, 0.25) is 0 Å². The lowest BCUT2D eigenvalue weighted by atomic mass is 10.2. The molecule has 18 heavy (non-hydrogen) atoms. The summed E-state index contributed by atoms with van der Waals surface area (Å²) in [6.45, 7) is 1.82. The number of nitrogens with zero attached hydrogens (tertiary/aromatic N) is 2. The number of urea groups is 1. The monoisotopic (exact) mass is 271 g/mol. The number of β-amino-alcohol motifs (C(OH)–C–C–N with tert-alkyl or cyclic N) is 1. The summed E-state index contributed by atoms with van der Waals surface area (Å²) in [6, 6.07) is -1.53. The quantitative estimate of drug-likeness (QED) is 0.727. The highest BCUT2D eigenvalue weighted by Gasteiger charge is 2.39. The second-order valence-electron chi connectivity index (χ2n) is 4.12. The first-order valence-corrected chi connectivity index (χ1v) is 6.26. The van der Waals surface area contributed by atoms with Crippen molar-refractivity contribution in [3.63, 3.8) is 0 Å². The number of carboxylic acids is 1. The van der Waals surface area contributed by atoms with E-state index in [4.69, 9.17) is 5.11 Å². The molecule has 2 amide bonds. The highest BCUT2D eigenvalue weighted by molar-refractivity contribution is 7.13. The van der Waals surface area contributed by atoms with Crippen molar-refractivity contribution in [1.82, 2.24) is 9.88 Å². The van der Waals surface area contributed by atoms with Gasteiger partial charge in [-0.3, -0.25) is 5.32 Å². The summed E-state index contributed by atoms with van der Waals surface area (Å²) in [6.07, 6.45) is -0.741. The number of carbonyl (C=O) groups excluding carboxylic acids is 1. The van der Waals surface area contributed by atoms with Gasteiger partial charge in [-0.2, -0.15) is 0 Å². The topological polar surface area (TPSA) is 103 Å². The van der Waals surface area contributed by atoms with Crippen LogP contribution in [0.1, 0.15) is 12.1 Å². The minimum atomic E-state index is -1.11. The second kappa shape index (κ2) is 4.91. The van der Waals surface area contributed by atoms with Gasteiger partial charge in [0.1, 0.15) is 6.04 Å². The Morgan fingerprint density at radius 2 is 2.33 bits per heavy atom. The molecule has 2 atom stereocenters. The third-order valence-corrected chi connectivity index (χ3v) is 3.53. The van der Waals surface area contributed by atoms with Crippen molar-refractivity contribution in [1.29, 1.82) is 0 Å². The molecule has 0 aromatic carbocycles. The van der Waals surface area contributed by atoms with Crippen LogP contribution in [0.4, 0.5) is 9.93 Å². The number of aliphatic hydroxyl groups is 1. The maximum atomic E-state index is 11.9. The Hall–Kier alpha value is -1.67. The maximum Gasteiger partial charge on any atom is 0.326 e. The molecule has 1 saturated heterocycles. The molecule has 98 valence electrons. The number of rotatable bonds is 2. The molecule has 1 aromatic heterocycles. The minimum Gasteiger partial charge on any atom is -0.480 e. The minimum absolute atomic E-state index is 0.0210. The van der Waals surface area contributed by atoms with E-state index in [9.17, 15) is 14.7 Å². The van der Waals surface area contributed by atoms with E-state index in [0.717, 1.165) is 10.6 Å². The summed E-state index contributed by atoms with van der Waals surface area (Å²) < 4.78 is 0. The van der Waals surface area contributed by atoms with Gasteiger partial charge in [0.15, 0.2) is 5.13 Å². The summed E-state index contributed by atoms with van der Waals surface area (Å²) in [5.41, 5.74) is 0.784. The van der Waals surface area contributed by atoms with Crippen LogP contribution in [0.3, 0.4) is 0 Å². The van der Waals surface area contributed by atoms with E-state index >= 15 is 0 Å². The van der Waals surface area contributed by atoms with Crippen molar-refractivity contribution in [2.24, 2.45) is 0 Å². The summed E-state index contributed by atoms with van der Waals surface area (Å²) in [5, 5.41) is 23.1. The fourth-order valence-corrected chi connectivity index (χ4v) is 2.52. The number of carbonyl (C=O) groups is 2. The zero-order valence-electron chi connectivity index (χ0n) is 9.66. The van der Waals surface area contributed by atoms with E-state index < -0.39 is 24.1 Å². The molecule has 8 heteroatoms. The number of thiazole rings is 1. The van der Waals surface area contributed by atoms with Gasteiger partial charge in [0.05, 0.1) is 11.8 Å². The smallest absolute Gasteiger partial charge is 0.326 e. The zero-order valence-corrected chi connectivity index (χ0v) is 10.5. The summed E-state index contributed by atoms with van der Waals surface area (Å²) in [5.74, 6) is -1.11. The number of aliphatic carboxylic acids is 1. The molecule has 7 nitrogen and oxygen atoms in total. The molecule has 0 bridgehead atoms. The van der Waals surface area contributed by atoms with Gasteiger partial charge in [-0.25, -0.2) is 14.6 Å². The van der Waals surface area contributed by atoms with Crippen molar-refractivity contribution in [3.8, 4) is 0 Å². The second-order valence-corrected chi connectivity index (χ2v) is 4.98. The number of carboxylic acid groups (broad SMARTS) is 1. The van der Waals surface area contributed by atoms with Gasteiger partial charge in [0.25, 0.3) is 0 Å². The van der Waals surface area contributed by atoms with Crippen LogP contribution in [0.25, 0.3) is 0 Å². The van der Waals surface area contributed by atoms with Gasteiger partial charge in [-0.05, 0) is 6.92 Å². The molecule has 0 spiro atoms. The number of anilines is 1. The molecule has 1 fully saturated rings. The number of aliphatic hydroxyl groups excluding tert-OH is 1. The van der Waals surface area contributed by atoms with Crippen molar-refractivity contribution in [2.75, 3.05) is 11.9 Å². The first-order chi connectivity index (χ1) is 8.47. The largest absolute Gasteiger partial charge is 0.480 e. The van der Waals surface area contributed by atoms with Crippen LogP contribution in [0, 0.1) is 6.92 Å². The van der Waals surface area contributed by atoms with Crippen molar-refractivity contribution in [3.05, 3.63) is 11.1 Å². The molecule has 2 heterocycles. The van der Waals surface area contributed by atoms with Gasteiger partial charge in [-0.1, -0.05) is 0 Å². The number of amides is 2. The standard InChI is InChI=1S/C10H13N3O4S/c1-5-4-18-9(11-5)12-10(17)13-3-6(14)2-7(13)8(15)16/h4,6-7,14H,2-3H2,1H3,(H,15,16)(H,11,12,17)/t6-,7+/m1/s1. The van der Waals surface area contributed by atoms with Gasteiger partial charge in [0, 0.05) is 18.3 Å². The third-order valence-electron chi connectivity index (χ3n) is 2.66. The Morgan fingerprint density at radius 3 is 2.89 bits per heavy atom. The Kier molecular flexibility index (Phi) is 3.48. The average Bonchev–Trinajstić information content (AvgIpc) is 2.85. The van der Waals surface area contributed by atoms with Crippen LogP contribution < -0.4 is 5.32 Å². The van der Waals surface area contributed by atoms with Crippen LogP contribution in [0.15, 0.2) is 5.38 Å². The SMILES string of the molecule is Cc1csc(NC(=O)N2C[C@H](O)C[C@H]2C(=O)O)n1. The Labute approximate surface area is 107 Å². The lowest BCUT2D eigenvalue weighted by Gasteiger charge is -2.20. The molecule has 1 aromatic rings. The molecule has 3 N–H and O–H groups in total. The van der Waals surface area contributed by atoms with E-state index in [0.29, 0.717) is 5.13 Å². The molecular weight excluding hydrogens is 258 g/mol. The number of aryl methyl sites for hydroxylation is 1. The van der Waals surface area contributed by atoms with E-state index in [-0.39, 0.29) is 13.0 Å². The highest BCUT2D eigenvalue weighted by Crippen LogP contribution is 2.21. The number of nitrogens with one attached hydrogen (secondary N) is 1. The Balaban J connectivity index is 2.06. The highest BCUT2D eigenvalue weighted by atomic mass is 32.1. The van der Waals surface area contributed by atoms with E-state index in [1.54, 1.807) is 12.3 Å². The number of hydrogen-bond donors (Lipinski definition) is 3. The summed E-state index contributed by atoms with van der Waals surface area (Å²) >= 11 is 1.27. The van der Waals surface area contributed by atoms with E-state index in [1.807, 2.05) is 0 Å². The molecule has 0 radical (unpaired) electrons. The predicted octanol–water partition coefficient (Wildman–Crippen LogP) is 0.503. The Morgan fingerprint density at radius 1 is 1.61 bits per heavy atom. The van der Waals surface area contributed by atoms with Gasteiger partial charge < -0.3 is 15.1 Å². The fourth-order valence-electron chi connectivity index (χ4n) is 1.85. The van der Waals surface area contributed by atoms with Gasteiger partial charge >= 0.3 is 12.0 Å². The molecule has 0 unspecified atom stereocenters. The van der Waals surface area contributed by atoms with Crippen molar-refractivity contribution >= 4 is 28.5 Å². The van der Waals surface area contributed by atoms with E-state index in [2.05, 4.69) is 10.3 Å². The number of hydrogen-bond acceptors (Lipinski definition) is 5. The van der Waals surface area contributed by atoms with Crippen LogP contribution in [-0.2, 0) is 4.79 Å². The lowest BCUT2D eigenvalue weighted by Crippen LogP contribution is -2.43. The van der Waals surface area contributed by atoms with Gasteiger partial charge in [-0.15, -0.1) is 11.3 Å². The molecule has 0 saturated carbocycles. The molecule has 0 aliphatic carbocycles.